The van der Waals surface area contributed by atoms with E-state index in [4.69, 9.17) is 0 Å². The molecule has 21 heavy (non-hydrogen) atoms. The lowest BCUT2D eigenvalue weighted by Gasteiger charge is -1.97. The zero-order valence-electron chi connectivity index (χ0n) is 11.5. The van der Waals surface area contributed by atoms with Gasteiger partial charge in [-0.25, -0.2) is 0 Å². The highest BCUT2D eigenvalue weighted by Gasteiger charge is 1.98. The van der Waals surface area contributed by atoms with Gasteiger partial charge in [0.25, 0.3) is 0 Å². The highest BCUT2D eigenvalue weighted by Crippen LogP contribution is 2.21. The van der Waals surface area contributed by atoms with Crippen molar-refractivity contribution < 1.29 is 0 Å². The van der Waals surface area contributed by atoms with E-state index in [0.717, 1.165) is 17.1 Å². The molecule has 3 heteroatoms. The molecule has 102 valence electrons. The normalized spacial score (nSPS) is 14.7. The molecule has 0 atom stereocenters. The standard InChI is InChI=1S/C18H15N3/c1-2-8-17(9-3-1)20-21-18-12-10-16(11-13-18)19-14-15-6-4-5-7-15/h1-15H. The second kappa shape index (κ2) is 6.57. The molecule has 1 aliphatic rings. The fraction of sp³-hybridized carbons (Fsp3) is 0.0556. The van der Waals surface area contributed by atoms with Gasteiger partial charge in [-0.1, -0.05) is 42.5 Å². The van der Waals surface area contributed by atoms with E-state index in [1.165, 1.54) is 0 Å². The first-order valence-corrected chi connectivity index (χ1v) is 6.86. The molecule has 0 amide bonds. The van der Waals surface area contributed by atoms with Crippen LogP contribution in [0.2, 0.25) is 0 Å². The Morgan fingerprint density at radius 3 is 1.90 bits per heavy atom. The second-order valence-electron chi connectivity index (χ2n) is 4.68. The molecular formula is C18H15N3. The lowest BCUT2D eigenvalue weighted by atomic mass is 10.2. The van der Waals surface area contributed by atoms with Crippen molar-refractivity contribution in [1.82, 2.24) is 0 Å². The van der Waals surface area contributed by atoms with Gasteiger partial charge in [-0.2, -0.15) is 10.2 Å². The molecule has 2 aromatic rings. The first-order valence-electron chi connectivity index (χ1n) is 6.86. The van der Waals surface area contributed by atoms with Crippen molar-refractivity contribution in [3.8, 4) is 0 Å². The van der Waals surface area contributed by atoms with E-state index in [1.807, 2.05) is 73.0 Å². The van der Waals surface area contributed by atoms with Crippen molar-refractivity contribution in [2.45, 2.75) is 0 Å². The Bertz CT molecular complexity index is 683. The van der Waals surface area contributed by atoms with Crippen LogP contribution in [0.5, 0.6) is 0 Å². The molecular weight excluding hydrogens is 258 g/mol. The summed E-state index contributed by atoms with van der Waals surface area (Å²) in [7, 11) is 0. The highest BCUT2D eigenvalue weighted by molar-refractivity contribution is 5.71. The summed E-state index contributed by atoms with van der Waals surface area (Å²) >= 11 is 0. The molecule has 0 saturated carbocycles. The summed E-state index contributed by atoms with van der Waals surface area (Å²) in [6.45, 7) is 0. The number of aliphatic imine (C=N–C) groups is 1. The predicted octanol–water partition coefficient (Wildman–Crippen LogP) is 5.55. The van der Waals surface area contributed by atoms with Gasteiger partial charge in [0.2, 0.25) is 0 Å². The van der Waals surface area contributed by atoms with Gasteiger partial charge < -0.3 is 0 Å². The lowest BCUT2D eigenvalue weighted by molar-refractivity contribution is 1.19. The van der Waals surface area contributed by atoms with Gasteiger partial charge in [0, 0.05) is 12.1 Å². The third-order valence-corrected chi connectivity index (χ3v) is 3.06. The number of nitrogens with zero attached hydrogens (tertiary/aromatic N) is 3. The van der Waals surface area contributed by atoms with Gasteiger partial charge in [0.15, 0.2) is 0 Å². The number of benzene rings is 2. The summed E-state index contributed by atoms with van der Waals surface area (Å²) in [6.07, 6.45) is 10.2. The van der Waals surface area contributed by atoms with Crippen LogP contribution >= 0.6 is 0 Å². The molecule has 0 radical (unpaired) electrons. The van der Waals surface area contributed by atoms with Crippen molar-refractivity contribution in [1.29, 1.82) is 0 Å². The summed E-state index contributed by atoms with van der Waals surface area (Å²) < 4.78 is 0. The van der Waals surface area contributed by atoms with Gasteiger partial charge in [-0.15, -0.1) is 0 Å². The molecule has 0 heterocycles. The van der Waals surface area contributed by atoms with Gasteiger partial charge in [-0.3, -0.25) is 4.99 Å². The molecule has 0 unspecified atom stereocenters. The largest absolute Gasteiger partial charge is 0.260 e. The van der Waals surface area contributed by atoms with Gasteiger partial charge in [-0.05, 0) is 36.4 Å². The van der Waals surface area contributed by atoms with Crippen molar-refractivity contribution in [2.75, 3.05) is 0 Å². The first-order chi connectivity index (χ1) is 10.4. The number of rotatable bonds is 4. The Kier molecular flexibility index (Phi) is 4.12. The Morgan fingerprint density at radius 1 is 0.667 bits per heavy atom. The van der Waals surface area contributed by atoms with Crippen molar-refractivity contribution in [2.24, 2.45) is 21.1 Å². The lowest BCUT2D eigenvalue weighted by Crippen LogP contribution is -1.88. The SMILES string of the molecule is C1=CC(C=Nc2ccc(N=Nc3ccccc3)cc2)C=C1. The van der Waals surface area contributed by atoms with Crippen molar-refractivity contribution >= 4 is 23.3 Å². The van der Waals surface area contributed by atoms with E-state index in [1.54, 1.807) is 0 Å². The number of hydrogen-bond donors (Lipinski definition) is 0. The maximum absolute atomic E-state index is 4.45. The topological polar surface area (TPSA) is 37.1 Å². The fourth-order valence-electron chi connectivity index (χ4n) is 1.94. The first kappa shape index (κ1) is 13.2. The monoisotopic (exact) mass is 273 g/mol. The maximum Gasteiger partial charge on any atom is 0.0858 e. The summed E-state index contributed by atoms with van der Waals surface area (Å²) in [4.78, 5) is 4.45. The van der Waals surface area contributed by atoms with Gasteiger partial charge in [0.1, 0.15) is 0 Å². The Hall–Kier alpha value is -2.81. The smallest absolute Gasteiger partial charge is 0.0858 e. The van der Waals surface area contributed by atoms with Crippen LogP contribution in [-0.4, -0.2) is 6.21 Å². The number of allylic oxidation sites excluding steroid dienone is 4. The quantitative estimate of drug-likeness (QED) is 0.517. The molecule has 3 rings (SSSR count). The van der Waals surface area contributed by atoms with E-state index in [9.17, 15) is 0 Å². The zero-order chi connectivity index (χ0) is 14.3. The zero-order valence-corrected chi connectivity index (χ0v) is 11.5. The molecule has 2 aromatic carbocycles. The molecule has 0 aliphatic heterocycles. The molecule has 1 aliphatic carbocycles. The average Bonchev–Trinajstić information content (AvgIpc) is 3.06. The van der Waals surface area contributed by atoms with Gasteiger partial charge >= 0.3 is 0 Å². The minimum Gasteiger partial charge on any atom is -0.260 e. The van der Waals surface area contributed by atoms with E-state index < -0.39 is 0 Å². The molecule has 0 spiro atoms. The van der Waals surface area contributed by atoms with Crippen LogP contribution in [0, 0.1) is 5.92 Å². The predicted molar refractivity (Wildman–Crippen MR) is 87.0 cm³/mol. The minimum atomic E-state index is 0.308. The van der Waals surface area contributed by atoms with E-state index in [2.05, 4.69) is 27.4 Å². The van der Waals surface area contributed by atoms with Crippen LogP contribution in [0.1, 0.15) is 0 Å². The molecule has 0 saturated heterocycles. The third kappa shape index (κ3) is 3.83. The van der Waals surface area contributed by atoms with Crippen LogP contribution in [0.15, 0.2) is 94.1 Å². The van der Waals surface area contributed by atoms with E-state index >= 15 is 0 Å². The van der Waals surface area contributed by atoms with Crippen LogP contribution in [-0.2, 0) is 0 Å². The average molecular weight is 273 g/mol. The molecule has 0 bridgehead atoms. The number of azo groups is 1. The Balaban J connectivity index is 1.65. The number of hydrogen-bond acceptors (Lipinski definition) is 3. The van der Waals surface area contributed by atoms with Gasteiger partial charge in [0.05, 0.1) is 17.1 Å². The highest BCUT2D eigenvalue weighted by atomic mass is 15.1. The molecule has 3 nitrogen and oxygen atoms in total. The van der Waals surface area contributed by atoms with Crippen LogP contribution in [0.3, 0.4) is 0 Å². The molecule has 0 N–H and O–H groups in total. The summed E-state index contributed by atoms with van der Waals surface area (Å²) in [5.41, 5.74) is 2.58. The van der Waals surface area contributed by atoms with E-state index in [0.29, 0.717) is 5.92 Å². The minimum absolute atomic E-state index is 0.308. The maximum atomic E-state index is 4.45. The second-order valence-corrected chi connectivity index (χ2v) is 4.68. The van der Waals surface area contributed by atoms with Crippen LogP contribution in [0.4, 0.5) is 17.1 Å². The van der Waals surface area contributed by atoms with Crippen LogP contribution in [0.25, 0.3) is 0 Å². The fourth-order valence-corrected chi connectivity index (χ4v) is 1.94. The van der Waals surface area contributed by atoms with Crippen molar-refractivity contribution in [3.63, 3.8) is 0 Å². The molecule has 0 fully saturated rings. The summed E-state index contributed by atoms with van der Waals surface area (Å²) in [5.74, 6) is 0.308. The van der Waals surface area contributed by atoms with Crippen molar-refractivity contribution in [3.05, 3.63) is 78.9 Å². The summed E-state index contributed by atoms with van der Waals surface area (Å²) in [5, 5.41) is 8.39. The Labute approximate surface area is 124 Å². The van der Waals surface area contributed by atoms with E-state index in [-0.39, 0.29) is 0 Å². The summed E-state index contributed by atoms with van der Waals surface area (Å²) in [6, 6.07) is 17.4. The van der Waals surface area contributed by atoms with Crippen LogP contribution < -0.4 is 0 Å². The third-order valence-electron chi connectivity index (χ3n) is 3.06. The Morgan fingerprint density at radius 2 is 1.24 bits per heavy atom. The molecule has 0 aromatic heterocycles.